The summed E-state index contributed by atoms with van der Waals surface area (Å²) < 4.78 is 11.8. The number of hydrogen-bond acceptors (Lipinski definition) is 4. The number of carbonyl (C=O) groups is 2. The van der Waals surface area contributed by atoms with Gasteiger partial charge in [-0.2, -0.15) is 0 Å². The van der Waals surface area contributed by atoms with Gasteiger partial charge in [-0.15, -0.1) is 0 Å². The van der Waals surface area contributed by atoms with Gasteiger partial charge in [0.25, 0.3) is 5.91 Å². The van der Waals surface area contributed by atoms with Crippen LogP contribution in [0.15, 0.2) is 46.9 Å². The Morgan fingerprint density at radius 3 is 2.50 bits per heavy atom. The van der Waals surface area contributed by atoms with Crippen molar-refractivity contribution < 1.29 is 19.1 Å². The van der Waals surface area contributed by atoms with E-state index in [9.17, 15) is 9.59 Å². The van der Waals surface area contributed by atoms with Gasteiger partial charge in [-0.1, -0.05) is 46.6 Å². The Morgan fingerprint density at radius 2 is 1.91 bits per heavy atom. The van der Waals surface area contributed by atoms with Crippen LogP contribution in [0.2, 0.25) is 5.02 Å². The second-order valence-electron chi connectivity index (χ2n) is 8.40. The molecule has 2 aromatic carbocycles. The van der Waals surface area contributed by atoms with Crippen molar-refractivity contribution >= 4 is 39.3 Å². The number of halogens is 2. The van der Waals surface area contributed by atoms with Gasteiger partial charge in [0.15, 0.2) is 6.61 Å². The summed E-state index contributed by atoms with van der Waals surface area (Å²) in [5, 5.41) is 3.37. The van der Waals surface area contributed by atoms with E-state index in [0.717, 1.165) is 10.0 Å². The Bertz CT molecular complexity index is 946. The minimum Gasteiger partial charge on any atom is -0.497 e. The second kappa shape index (κ2) is 11.6. The molecule has 2 amide bonds. The monoisotopic (exact) mass is 524 g/mol. The summed E-state index contributed by atoms with van der Waals surface area (Å²) in [4.78, 5) is 27.8. The van der Waals surface area contributed by atoms with Crippen LogP contribution >= 0.6 is 27.5 Å². The number of nitrogens with one attached hydrogen (secondary N) is 1. The maximum absolute atomic E-state index is 13.3. The molecule has 0 aliphatic rings. The molecule has 0 aromatic heterocycles. The largest absolute Gasteiger partial charge is 0.497 e. The number of methoxy groups -OCH3 is 1. The van der Waals surface area contributed by atoms with Gasteiger partial charge in [0, 0.05) is 16.6 Å². The standard InChI is InChI=1S/C24H30BrClN2O4/c1-6-20(23(30)27-24(2,3)4)28(14-16-8-7-9-18(12-16)31-5)22(29)15-32-21-11-10-17(25)13-19(21)26/h7-13,20H,6,14-15H2,1-5H3,(H,27,30)/t20-/m1/s1. The molecular weight excluding hydrogens is 496 g/mol. The SMILES string of the molecule is CC[C@H](C(=O)NC(C)(C)C)N(Cc1cccc(OC)c1)C(=O)COc1ccc(Br)cc1Cl. The van der Waals surface area contributed by atoms with Crippen LogP contribution in [0.1, 0.15) is 39.7 Å². The van der Waals surface area contributed by atoms with Gasteiger partial charge in [-0.05, 0) is 63.1 Å². The molecule has 0 bridgehead atoms. The number of amides is 2. The molecule has 2 aromatic rings. The van der Waals surface area contributed by atoms with E-state index in [0.29, 0.717) is 22.9 Å². The number of hydrogen-bond donors (Lipinski definition) is 1. The van der Waals surface area contributed by atoms with Crippen LogP contribution in [-0.4, -0.2) is 42.0 Å². The van der Waals surface area contributed by atoms with Crippen LogP contribution in [0.4, 0.5) is 0 Å². The number of benzene rings is 2. The van der Waals surface area contributed by atoms with Gasteiger partial charge in [-0.25, -0.2) is 0 Å². The molecule has 0 saturated carbocycles. The first-order chi connectivity index (χ1) is 15.0. The van der Waals surface area contributed by atoms with E-state index in [1.807, 2.05) is 52.0 Å². The fourth-order valence-corrected chi connectivity index (χ4v) is 3.88. The Labute approximate surface area is 203 Å². The van der Waals surface area contributed by atoms with Crippen LogP contribution in [0.25, 0.3) is 0 Å². The molecule has 1 atom stereocenters. The van der Waals surface area contributed by atoms with E-state index in [-0.39, 0.29) is 25.0 Å². The number of rotatable bonds is 9. The van der Waals surface area contributed by atoms with Gasteiger partial charge in [0.2, 0.25) is 5.91 Å². The Hall–Kier alpha value is -2.25. The van der Waals surface area contributed by atoms with Crippen molar-refractivity contribution in [2.45, 2.75) is 52.2 Å². The van der Waals surface area contributed by atoms with Crippen molar-refractivity contribution in [2.75, 3.05) is 13.7 Å². The van der Waals surface area contributed by atoms with E-state index >= 15 is 0 Å². The molecule has 0 aliphatic heterocycles. The molecule has 0 radical (unpaired) electrons. The molecular formula is C24H30BrClN2O4. The lowest BCUT2D eigenvalue weighted by Gasteiger charge is -2.33. The Morgan fingerprint density at radius 1 is 1.19 bits per heavy atom. The fourth-order valence-electron chi connectivity index (χ4n) is 3.15. The normalized spacial score (nSPS) is 12.1. The molecule has 0 unspecified atom stereocenters. The predicted molar refractivity (Wildman–Crippen MR) is 130 cm³/mol. The van der Waals surface area contributed by atoms with Gasteiger partial charge in [0.1, 0.15) is 17.5 Å². The molecule has 0 heterocycles. The zero-order chi connectivity index (χ0) is 23.9. The third kappa shape index (κ3) is 7.71. The van der Waals surface area contributed by atoms with Crippen molar-refractivity contribution in [3.8, 4) is 11.5 Å². The molecule has 0 spiro atoms. The highest BCUT2D eigenvalue weighted by Gasteiger charge is 2.31. The highest BCUT2D eigenvalue weighted by atomic mass is 79.9. The third-order valence-electron chi connectivity index (χ3n) is 4.62. The van der Waals surface area contributed by atoms with E-state index in [2.05, 4.69) is 21.2 Å². The number of nitrogens with zero attached hydrogens (tertiary/aromatic N) is 1. The molecule has 6 nitrogen and oxygen atoms in total. The van der Waals surface area contributed by atoms with Crippen LogP contribution in [0.5, 0.6) is 11.5 Å². The lowest BCUT2D eigenvalue weighted by Crippen LogP contribution is -2.54. The first-order valence-corrected chi connectivity index (χ1v) is 11.5. The van der Waals surface area contributed by atoms with E-state index < -0.39 is 11.6 Å². The molecule has 0 aliphatic carbocycles. The van der Waals surface area contributed by atoms with Gasteiger partial charge in [-0.3, -0.25) is 9.59 Å². The first kappa shape index (κ1) is 26.0. The second-order valence-corrected chi connectivity index (χ2v) is 9.72. The summed E-state index contributed by atoms with van der Waals surface area (Å²) in [7, 11) is 1.59. The van der Waals surface area contributed by atoms with Gasteiger partial charge < -0.3 is 19.7 Å². The van der Waals surface area contributed by atoms with Crippen LogP contribution in [0.3, 0.4) is 0 Å². The predicted octanol–water partition coefficient (Wildman–Crippen LogP) is 5.21. The molecule has 0 saturated heterocycles. The highest BCUT2D eigenvalue weighted by Crippen LogP contribution is 2.28. The van der Waals surface area contributed by atoms with Crippen molar-refractivity contribution in [1.29, 1.82) is 0 Å². The van der Waals surface area contributed by atoms with E-state index in [1.54, 1.807) is 30.2 Å². The molecule has 1 N–H and O–H groups in total. The van der Waals surface area contributed by atoms with Gasteiger partial charge in [0.05, 0.1) is 12.1 Å². The van der Waals surface area contributed by atoms with Crippen molar-refractivity contribution in [1.82, 2.24) is 10.2 Å². The fraction of sp³-hybridized carbons (Fsp3) is 0.417. The number of ether oxygens (including phenoxy) is 2. The summed E-state index contributed by atoms with van der Waals surface area (Å²) in [5.41, 5.74) is 0.429. The smallest absolute Gasteiger partial charge is 0.261 e. The van der Waals surface area contributed by atoms with Crippen molar-refractivity contribution in [3.05, 3.63) is 57.5 Å². The molecule has 8 heteroatoms. The lowest BCUT2D eigenvalue weighted by molar-refractivity contribution is -0.143. The zero-order valence-corrected chi connectivity index (χ0v) is 21.4. The molecule has 2 rings (SSSR count). The topological polar surface area (TPSA) is 67.9 Å². The van der Waals surface area contributed by atoms with Gasteiger partial charge >= 0.3 is 0 Å². The summed E-state index contributed by atoms with van der Waals surface area (Å²) in [6.45, 7) is 7.60. The highest BCUT2D eigenvalue weighted by molar-refractivity contribution is 9.10. The quantitative estimate of drug-likeness (QED) is 0.488. The summed E-state index contributed by atoms with van der Waals surface area (Å²) in [5.74, 6) is 0.553. The summed E-state index contributed by atoms with van der Waals surface area (Å²) in [6.07, 6.45) is 0.455. The van der Waals surface area contributed by atoms with Crippen LogP contribution in [-0.2, 0) is 16.1 Å². The summed E-state index contributed by atoms with van der Waals surface area (Å²) in [6, 6.07) is 11.9. The average molecular weight is 526 g/mol. The maximum Gasteiger partial charge on any atom is 0.261 e. The van der Waals surface area contributed by atoms with Crippen LogP contribution < -0.4 is 14.8 Å². The zero-order valence-electron chi connectivity index (χ0n) is 19.1. The minimum absolute atomic E-state index is 0.210. The minimum atomic E-state index is -0.656. The van der Waals surface area contributed by atoms with Crippen LogP contribution in [0, 0.1) is 0 Å². The lowest BCUT2D eigenvalue weighted by atomic mass is 10.1. The van der Waals surface area contributed by atoms with Crippen molar-refractivity contribution in [2.24, 2.45) is 0 Å². The number of carbonyl (C=O) groups excluding carboxylic acids is 2. The first-order valence-electron chi connectivity index (χ1n) is 10.4. The average Bonchev–Trinajstić information content (AvgIpc) is 2.71. The maximum atomic E-state index is 13.3. The molecule has 32 heavy (non-hydrogen) atoms. The summed E-state index contributed by atoms with van der Waals surface area (Å²) >= 11 is 9.56. The Kier molecular flexibility index (Phi) is 9.40. The Balaban J connectivity index is 2.28. The van der Waals surface area contributed by atoms with E-state index in [1.165, 1.54) is 0 Å². The molecule has 0 fully saturated rings. The molecule has 174 valence electrons. The third-order valence-corrected chi connectivity index (χ3v) is 5.40. The van der Waals surface area contributed by atoms with Crippen molar-refractivity contribution in [3.63, 3.8) is 0 Å². The van der Waals surface area contributed by atoms with E-state index in [4.69, 9.17) is 21.1 Å².